The Bertz CT molecular complexity index is 929. The number of H-pyrrole nitrogens is 1. The third kappa shape index (κ3) is 3.54. The maximum atomic E-state index is 6.01. The molecule has 0 unspecified atom stereocenters. The molecule has 6 nitrogen and oxygen atoms in total. The van der Waals surface area contributed by atoms with Crippen molar-refractivity contribution in [3.63, 3.8) is 0 Å². The van der Waals surface area contributed by atoms with Crippen molar-refractivity contribution < 1.29 is 9.47 Å². The maximum absolute atomic E-state index is 6.01. The molecule has 0 saturated carbocycles. The van der Waals surface area contributed by atoms with Crippen LogP contribution in [0.1, 0.15) is 19.3 Å². The van der Waals surface area contributed by atoms with Gasteiger partial charge in [-0.2, -0.15) is 0 Å². The highest BCUT2D eigenvalue weighted by Gasteiger charge is 2.20. The van der Waals surface area contributed by atoms with Crippen LogP contribution in [0.3, 0.4) is 0 Å². The van der Waals surface area contributed by atoms with Crippen LogP contribution in [0.2, 0.25) is 0 Å². The predicted molar refractivity (Wildman–Crippen MR) is 110 cm³/mol. The van der Waals surface area contributed by atoms with Crippen LogP contribution >= 0.6 is 0 Å². The third-order valence-corrected chi connectivity index (χ3v) is 5.19. The highest BCUT2D eigenvalue weighted by molar-refractivity contribution is 6.13. The molecule has 1 fully saturated rings. The summed E-state index contributed by atoms with van der Waals surface area (Å²) >= 11 is 0. The number of pyridine rings is 1. The van der Waals surface area contributed by atoms with E-state index in [9.17, 15) is 0 Å². The number of hydrogen-bond donors (Lipinski definition) is 1. The van der Waals surface area contributed by atoms with Gasteiger partial charge in [-0.3, -0.25) is 0 Å². The Labute approximate surface area is 160 Å². The van der Waals surface area contributed by atoms with Crippen molar-refractivity contribution in [1.29, 1.82) is 0 Å². The SMILES string of the molecule is COc1cc2c(cc1OCCCN(C)C)[nH]c1ccnc(N3CCCC3)c12. The number of aromatic amines is 1. The van der Waals surface area contributed by atoms with Crippen molar-refractivity contribution >= 4 is 27.6 Å². The number of benzene rings is 1. The molecule has 1 saturated heterocycles. The van der Waals surface area contributed by atoms with Crippen LogP contribution in [0.25, 0.3) is 21.8 Å². The van der Waals surface area contributed by atoms with Crippen LogP contribution < -0.4 is 14.4 Å². The monoisotopic (exact) mass is 368 g/mol. The summed E-state index contributed by atoms with van der Waals surface area (Å²) in [6, 6.07) is 6.17. The largest absolute Gasteiger partial charge is 0.493 e. The Morgan fingerprint density at radius 3 is 2.70 bits per heavy atom. The van der Waals surface area contributed by atoms with Crippen LogP contribution in [-0.4, -0.2) is 62.3 Å². The molecule has 1 aliphatic rings. The molecule has 0 amide bonds. The predicted octanol–water partition coefficient (Wildman–Crippen LogP) is 3.66. The molecule has 0 spiro atoms. The summed E-state index contributed by atoms with van der Waals surface area (Å²) in [7, 11) is 5.84. The fraction of sp³-hybridized carbons (Fsp3) is 0.476. The Kier molecular flexibility index (Phi) is 5.07. The van der Waals surface area contributed by atoms with Gasteiger partial charge >= 0.3 is 0 Å². The van der Waals surface area contributed by atoms with Gasteiger partial charge < -0.3 is 24.3 Å². The zero-order valence-corrected chi connectivity index (χ0v) is 16.4. The van der Waals surface area contributed by atoms with E-state index in [0.717, 1.165) is 59.8 Å². The number of fused-ring (bicyclic) bond motifs is 3. The Balaban J connectivity index is 1.72. The molecule has 1 N–H and O–H groups in total. The first kappa shape index (κ1) is 17.9. The van der Waals surface area contributed by atoms with E-state index in [4.69, 9.17) is 14.5 Å². The minimum Gasteiger partial charge on any atom is -0.493 e. The van der Waals surface area contributed by atoms with Gasteiger partial charge in [-0.15, -0.1) is 0 Å². The van der Waals surface area contributed by atoms with Gasteiger partial charge in [-0.25, -0.2) is 4.98 Å². The lowest BCUT2D eigenvalue weighted by atomic mass is 10.1. The fourth-order valence-electron chi connectivity index (χ4n) is 3.84. The lowest BCUT2D eigenvalue weighted by Crippen LogP contribution is -2.19. The molecular weight excluding hydrogens is 340 g/mol. The van der Waals surface area contributed by atoms with Gasteiger partial charge in [0.1, 0.15) is 5.82 Å². The lowest BCUT2D eigenvalue weighted by molar-refractivity contribution is 0.268. The minimum atomic E-state index is 0.668. The molecule has 0 radical (unpaired) electrons. The van der Waals surface area contributed by atoms with Gasteiger partial charge in [-0.1, -0.05) is 0 Å². The summed E-state index contributed by atoms with van der Waals surface area (Å²) in [5.74, 6) is 2.62. The highest BCUT2D eigenvalue weighted by atomic mass is 16.5. The summed E-state index contributed by atoms with van der Waals surface area (Å²) in [5, 5.41) is 2.31. The average Bonchev–Trinajstić information content (AvgIpc) is 3.31. The summed E-state index contributed by atoms with van der Waals surface area (Å²) in [6.07, 6.45) is 5.33. The maximum Gasteiger partial charge on any atom is 0.163 e. The lowest BCUT2D eigenvalue weighted by Gasteiger charge is -2.17. The number of aromatic nitrogens is 2. The van der Waals surface area contributed by atoms with Crippen molar-refractivity contribution in [2.75, 3.05) is 52.3 Å². The Morgan fingerprint density at radius 1 is 1.15 bits per heavy atom. The molecule has 1 aliphatic heterocycles. The van der Waals surface area contributed by atoms with Crippen molar-refractivity contribution in [1.82, 2.24) is 14.9 Å². The number of anilines is 1. The number of rotatable bonds is 7. The molecule has 27 heavy (non-hydrogen) atoms. The zero-order valence-electron chi connectivity index (χ0n) is 16.4. The average molecular weight is 368 g/mol. The van der Waals surface area contributed by atoms with Crippen LogP contribution in [-0.2, 0) is 0 Å². The Hall–Kier alpha value is -2.47. The van der Waals surface area contributed by atoms with E-state index >= 15 is 0 Å². The van der Waals surface area contributed by atoms with E-state index in [1.54, 1.807) is 7.11 Å². The van der Waals surface area contributed by atoms with Crippen LogP contribution in [0, 0.1) is 0 Å². The van der Waals surface area contributed by atoms with Crippen LogP contribution in [0.15, 0.2) is 24.4 Å². The van der Waals surface area contributed by atoms with Crippen LogP contribution in [0.4, 0.5) is 5.82 Å². The van der Waals surface area contributed by atoms with Gasteiger partial charge in [-0.05, 0) is 45.5 Å². The first-order valence-corrected chi connectivity index (χ1v) is 9.68. The standard InChI is InChI=1S/C21H28N4O2/c1-24(2)9-6-12-27-19-14-17-15(13-18(19)26-3)20-16(23-17)7-8-22-21(20)25-10-4-5-11-25/h7-8,13-14,23H,4-6,9-12H2,1-3H3. The van der Waals surface area contributed by atoms with Crippen molar-refractivity contribution in [2.24, 2.45) is 0 Å². The summed E-state index contributed by atoms with van der Waals surface area (Å²) in [6.45, 7) is 3.81. The van der Waals surface area contributed by atoms with Crippen LogP contribution in [0.5, 0.6) is 11.5 Å². The molecule has 3 heterocycles. The number of nitrogens with one attached hydrogen (secondary N) is 1. The minimum absolute atomic E-state index is 0.668. The van der Waals surface area contributed by atoms with Gasteiger partial charge in [0.25, 0.3) is 0 Å². The second-order valence-corrected chi connectivity index (χ2v) is 7.43. The number of ether oxygens (including phenoxy) is 2. The van der Waals surface area contributed by atoms with E-state index in [-0.39, 0.29) is 0 Å². The molecule has 4 rings (SSSR count). The van der Waals surface area contributed by atoms with Crippen molar-refractivity contribution in [3.05, 3.63) is 24.4 Å². The van der Waals surface area contributed by atoms with Gasteiger partial charge in [0.15, 0.2) is 11.5 Å². The van der Waals surface area contributed by atoms with E-state index in [2.05, 4.69) is 41.0 Å². The summed E-state index contributed by atoms with van der Waals surface area (Å²) < 4.78 is 11.6. The second kappa shape index (κ2) is 7.64. The van der Waals surface area contributed by atoms with E-state index in [1.807, 2.05) is 12.3 Å². The Morgan fingerprint density at radius 2 is 1.96 bits per heavy atom. The highest BCUT2D eigenvalue weighted by Crippen LogP contribution is 2.39. The van der Waals surface area contributed by atoms with Crippen molar-refractivity contribution in [3.8, 4) is 11.5 Å². The smallest absolute Gasteiger partial charge is 0.163 e. The second-order valence-electron chi connectivity index (χ2n) is 7.43. The molecule has 0 bridgehead atoms. The molecule has 0 aliphatic carbocycles. The number of hydrogen-bond acceptors (Lipinski definition) is 5. The third-order valence-electron chi connectivity index (χ3n) is 5.19. The summed E-state index contributed by atoms with van der Waals surface area (Å²) in [5.41, 5.74) is 2.16. The molecule has 6 heteroatoms. The molecule has 0 atom stereocenters. The number of methoxy groups -OCH3 is 1. The first-order chi connectivity index (χ1) is 13.2. The summed E-state index contributed by atoms with van der Waals surface area (Å²) in [4.78, 5) is 12.8. The van der Waals surface area contributed by atoms with Gasteiger partial charge in [0, 0.05) is 37.3 Å². The fourth-order valence-corrected chi connectivity index (χ4v) is 3.84. The molecular formula is C21H28N4O2. The van der Waals surface area contributed by atoms with E-state index < -0.39 is 0 Å². The molecule has 144 valence electrons. The first-order valence-electron chi connectivity index (χ1n) is 9.68. The zero-order chi connectivity index (χ0) is 18.8. The van der Waals surface area contributed by atoms with Crippen molar-refractivity contribution in [2.45, 2.75) is 19.3 Å². The molecule has 2 aromatic heterocycles. The van der Waals surface area contributed by atoms with E-state index in [0.29, 0.717) is 6.61 Å². The topological polar surface area (TPSA) is 53.6 Å². The number of nitrogens with zero attached hydrogens (tertiary/aromatic N) is 3. The van der Waals surface area contributed by atoms with Gasteiger partial charge in [0.2, 0.25) is 0 Å². The van der Waals surface area contributed by atoms with Gasteiger partial charge in [0.05, 0.1) is 30.1 Å². The normalized spacial score (nSPS) is 14.6. The quantitative estimate of drug-likeness (QED) is 0.645. The molecule has 3 aromatic rings. The molecule has 1 aromatic carbocycles. The van der Waals surface area contributed by atoms with E-state index in [1.165, 1.54) is 18.2 Å².